The highest BCUT2D eigenvalue weighted by Crippen LogP contribution is 2.52. The van der Waals surface area contributed by atoms with Crippen LogP contribution in [0.15, 0.2) is 66.5 Å². The fourth-order valence-electron chi connectivity index (χ4n) is 4.33. The highest BCUT2D eigenvalue weighted by Gasteiger charge is 2.59. The Morgan fingerprint density at radius 1 is 1.14 bits per heavy atom. The van der Waals surface area contributed by atoms with Crippen molar-refractivity contribution >= 4 is 45.7 Å². The van der Waals surface area contributed by atoms with Gasteiger partial charge >= 0.3 is 0 Å². The van der Waals surface area contributed by atoms with Gasteiger partial charge in [0.2, 0.25) is 0 Å². The number of aryl methyl sites for hydroxylation is 1. The molecule has 2 aliphatic carbocycles. The number of carbonyl (C=O) groups is 2. The lowest BCUT2D eigenvalue weighted by Gasteiger charge is -2.13. The zero-order valence-corrected chi connectivity index (χ0v) is 17.4. The molecule has 0 N–H and O–H groups in total. The van der Waals surface area contributed by atoms with Crippen LogP contribution in [0.2, 0.25) is 0 Å². The number of carbonyl (C=O) groups excluding carboxylic acids is 2. The fourth-order valence-corrected chi connectivity index (χ4v) is 5.66. The highest BCUT2D eigenvalue weighted by atomic mass is 79.9. The Bertz CT molecular complexity index is 997. The summed E-state index contributed by atoms with van der Waals surface area (Å²) in [6.45, 7) is 2.04. The minimum absolute atomic E-state index is 0.182. The first kappa shape index (κ1) is 17.9. The topological polar surface area (TPSA) is 62.9 Å². The molecule has 2 heterocycles. The van der Waals surface area contributed by atoms with Crippen molar-refractivity contribution in [3.8, 4) is 0 Å². The van der Waals surface area contributed by atoms with Gasteiger partial charge in [0.15, 0.2) is 5.09 Å². The summed E-state index contributed by atoms with van der Waals surface area (Å²) < 4.78 is 6.64. The average Bonchev–Trinajstić information content (AvgIpc) is 3.42. The number of amides is 2. The molecule has 5 nitrogen and oxygen atoms in total. The molecule has 0 unspecified atom stereocenters. The van der Waals surface area contributed by atoms with E-state index in [0.717, 1.165) is 20.8 Å². The van der Waals surface area contributed by atoms with E-state index >= 15 is 0 Å². The van der Waals surface area contributed by atoms with Gasteiger partial charge < -0.3 is 4.42 Å². The maximum absolute atomic E-state index is 12.7. The van der Waals surface area contributed by atoms with Crippen molar-refractivity contribution in [3.63, 3.8) is 0 Å². The summed E-state index contributed by atoms with van der Waals surface area (Å²) in [5.41, 5.74) is 1.20. The van der Waals surface area contributed by atoms with Crippen LogP contribution in [0.1, 0.15) is 17.7 Å². The van der Waals surface area contributed by atoms with Gasteiger partial charge in [-0.1, -0.05) is 41.6 Å². The highest BCUT2D eigenvalue weighted by molar-refractivity contribution is 9.10. The quantitative estimate of drug-likeness (QED) is 0.381. The van der Waals surface area contributed by atoms with Crippen LogP contribution < -0.4 is 0 Å². The lowest BCUT2D eigenvalue weighted by Crippen LogP contribution is -2.28. The Morgan fingerprint density at radius 3 is 2.43 bits per heavy atom. The molecule has 0 radical (unpaired) electrons. The molecule has 2 aromatic rings. The number of hydrogen-bond donors (Lipinski definition) is 0. The number of nitrogens with zero attached hydrogens (tertiary/aromatic N) is 2. The first-order chi connectivity index (χ1) is 13.5. The average molecular weight is 457 g/mol. The molecule has 1 saturated heterocycles. The molecule has 1 aromatic heterocycles. The van der Waals surface area contributed by atoms with E-state index in [1.165, 1.54) is 23.5 Å². The van der Waals surface area contributed by atoms with Crippen LogP contribution in [0.5, 0.6) is 0 Å². The molecule has 0 spiro atoms. The van der Waals surface area contributed by atoms with E-state index in [1.54, 1.807) is 6.07 Å². The van der Waals surface area contributed by atoms with Gasteiger partial charge in [-0.05, 0) is 53.2 Å². The van der Waals surface area contributed by atoms with Crippen molar-refractivity contribution in [2.24, 2.45) is 28.8 Å². The van der Waals surface area contributed by atoms with Crippen molar-refractivity contribution in [2.75, 3.05) is 0 Å². The van der Waals surface area contributed by atoms with Crippen molar-refractivity contribution < 1.29 is 14.0 Å². The molecule has 1 aromatic carbocycles. The molecule has 1 aliphatic heterocycles. The first-order valence-electron chi connectivity index (χ1n) is 9.15. The summed E-state index contributed by atoms with van der Waals surface area (Å²) in [7, 11) is 0. The van der Waals surface area contributed by atoms with Gasteiger partial charge in [0, 0.05) is 11.0 Å². The molecule has 7 heteroatoms. The minimum atomic E-state index is -0.240. The molecule has 2 fully saturated rings. The summed E-state index contributed by atoms with van der Waals surface area (Å²) in [5.74, 6) is -0.0127. The van der Waals surface area contributed by atoms with E-state index in [1.807, 2.05) is 31.2 Å². The van der Waals surface area contributed by atoms with Gasteiger partial charge in [0.05, 0.1) is 22.5 Å². The van der Waals surface area contributed by atoms with Gasteiger partial charge in [-0.15, -0.1) is 0 Å². The Hall–Kier alpha value is -2.12. The van der Waals surface area contributed by atoms with Crippen molar-refractivity contribution in [2.45, 2.75) is 23.3 Å². The molecule has 2 amide bonds. The van der Waals surface area contributed by atoms with Crippen LogP contribution >= 0.6 is 27.7 Å². The zero-order valence-electron chi connectivity index (χ0n) is 15.0. The largest absolute Gasteiger partial charge is 0.447 e. The van der Waals surface area contributed by atoms with Gasteiger partial charge in [0.25, 0.3) is 11.8 Å². The molecular weight excluding hydrogens is 440 g/mol. The number of hydrogen-bond acceptors (Lipinski definition) is 5. The van der Waals surface area contributed by atoms with E-state index < -0.39 is 0 Å². The summed E-state index contributed by atoms with van der Waals surface area (Å²) >= 11 is 4.99. The molecular formula is C21H17BrN2O3S. The van der Waals surface area contributed by atoms with Crippen molar-refractivity contribution in [1.82, 2.24) is 5.01 Å². The Balaban J connectivity index is 1.33. The third-order valence-corrected chi connectivity index (χ3v) is 7.50. The second-order valence-corrected chi connectivity index (χ2v) is 9.33. The van der Waals surface area contributed by atoms with Crippen LogP contribution in [-0.2, 0) is 9.59 Å². The lowest BCUT2D eigenvalue weighted by atomic mass is 9.85. The van der Waals surface area contributed by atoms with Crippen LogP contribution in [0.4, 0.5) is 0 Å². The molecule has 3 aliphatic rings. The third kappa shape index (κ3) is 2.88. The number of furan rings is 1. The minimum Gasteiger partial charge on any atom is -0.447 e. The first-order valence-corrected chi connectivity index (χ1v) is 10.8. The number of rotatable bonds is 4. The van der Waals surface area contributed by atoms with E-state index in [0.29, 0.717) is 10.9 Å². The maximum atomic E-state index is 12.7. The van der Waals surface area contributed by atoms with Gasteiger partial charge in [-0.2, -0.15) is 10.1 Å². The molecule has 4 atom stereocenters. The summed E-state index contributed by atoms with van der Waals surface area (Å²) in [6, 6.07) is 9.95. The predicted molar refractivity (Wildman–Crippen MR) is 109 cm³/mol. The molecule has 1 saturated carbocycles. The van der Waals surface area contributed by atoms with E-state index in [4.69, 9.17) is 4.42 Å². The van der Waals surface area contributed by atoms with Crippen LogP contribution in [-0.4, -0.2) is 23.0 Å². The number of fused-ring (bicyclic) bond motifs is 5. The second-order valence-electron chi connectivity index (χ2n) is 7.43. The van der Waals surface area contributed by atoms with Crippen molar-refractivity contribution in [3.05, 3.63) is 58.3 Å². The van der Waals surface area contributed by atoms with Gasteiger partial charge in [-0.3, -0.25) is 9.59 Å². The number of imide groups is 1. The fraction of sp³-hybridized carbons (Fsp3) is 0.286. The molecule has 2 bridgehead atoms. The Labute approximate surface area is 175 Å². The molecule has 28 heavy (non-hydrogen) atoms. The summed E-state index contributed by atoms with van der Waals surface area (Å²) in [5, 5.41) is 5.90. The summed E-state index contributed by atoms with van der Waals surface area (Å²) in [4.78, 5) is 26.4. The monoisotopic (exact) mass is 456 g/mol. The van der Waals surface area contributed by atoms with Crippen molar-refractivity contribution in [1.29, 1.82) is 0 Å². The molecule has 5 rings (SSSR count). The third-order valence-electron chi connectivity index (χ3n) is 5.65. The number of allylic oxidation sites excluding steroid dienone is 2. The number of benzene rings is 1. The van der Waals surface area contributed by atoms with Crippen LogP contribution in [0.3, 0.4) is 0 Å². The number of hydrazone groups is 1. The summed E-state index contributed by atoms with van der Waals surface area (Å²) in [6.07, 6.45) is 6.50. The maximum Gasteiger partial charge on any atom is 0.254 e. The van der Waals surface area contributed by atoms with Gasteiger partial charge in [-0.25, -0.2) is 0 Å². The SMILES string of the molecule is Cc1ccc(Sc2oc(C=NN3C(=O)[C@@H]4[C@H](C3=O)[C@H]3C=C[C@H]4C3)cc2Br)cc1. The van der Waals surface area contributed by atoms with Gasteiger partial charge in [0.1, 0.15) is 5.76 Å². The smallest absolute Gasteiger partial charge is 0.254 e. The molecule has 142 valence electrons. The zero-order chi connectivity index (χ0) is 19.4. The van der Waals surface area contributed by atoms with E-state index in [-0.39, 0.29) is 35.5 Å². The Morgan fingerprint density at radius 2 is 1.79 bits per heavy atom. The predicted octanol–water partition coefficient (Wildman–Crippen LogP) is 4.64. The second kappa shape index (κ2) is 6.74. The normalized spacial score (nSPS) is 28.1. The van der Waals surface area contributed by atoms with Crippen LogP contribution in [0, 0.1) is 30.6 Å². The van der Waals surface area contributed by atoms with E-state index in [9.17, 15) is 9.59 Å². The standard InChI is InChI=1S/C21H17BrN2O3S/c1-11-2-6-15(7-3-11)28-21-16(22)9-14(27-21)10-23-24-19(25)17-12-4-5-13(8-12)18(17)20(24)26/h2-7,9-10,12-13,17-18H,8H2,1H3/t12-,13-,17-,18+/m0/s1. The number of halogens is 1. The van der Waals surface area contributed by atoms with E-state index in [2.05, 4.69) is 33.2 Å². The van der Waals surface area contributed by atoms with Crippen LogP contribution in [0.25, 0.3) is 0 Å². The Kier molecular flexibility index (Phi) is 4.32. The lowest BCUT2D eigenvalue weighted by molar-refractivity contribution is -0.140.